The molecule has 2 atom stereocenters. The number of carbonyl (C=O) groups excluding carboxylic acids is 1. The fraction of sp³-hybridized carbons (Fsp3) is 0.895. The molecule has 2 aliphatic rings. The van der Waals surface area contributed by atoms with Gasteiger partial charge >= 0.3 is 6.09 Å². The van der Waals surface area contributed by atoms with E-state index in [2.05, 4.69) is 29.1 Å². The number of guanidine groups is 1. The van der Waals surface area contributed by atoms with Crippen LogP contribution in [-0.4, -0.2) is 77.9 Å². The van der Waals surface area contributed by atoms with E-state index in [-0.39, 0.29) is 18.7 Å². The SMILES string of the molecule is CC(C)CC(CCO)CNC1=NCC2CN(C(=O)OC(C)(C)C)CCN12. The van der Waals surface area contributed by atoms with Crippen LogP contribution in [0.4, 0.5) is 4.79 Å². The topological polar surface area (TPSA) is 77.4 Å². The number of piperazine rings is 1. The summed E-state index contributed by atoms with van der Waals surface area (Å²) in [7, 11) is 0. The summed E-state index contributed by atoms with van der Waals surface area (Å²) in [5.41, 5.74) is -0.467. The number of aliphatic hydroxyl groups excluding tert-OH is 1. The Balaban J connectivity index is 1.83. The zero-order valence-corrected chi connectivity index (χ0v) is 17.0. The molecule has 0 radical (unpaired) electrons. The fourth-order valence-electron chi connectivity index (χ4n) is 3.61. The maximum atomic E-state index is 12.3. The van der Waals surface area contributed by atoms with Gasteiger partial charge in [0.2, 0.25) is 0 Å². The lowest BCUT2D eigenvalue weighted by molar-refractivity contribution is 0.0137. The number of hydrogen-bond acceptors (Lipinski definition) is 6. The average molecular weight is 369 g/mol. The van der Waals surface area contributed by atoms with Gasteiger partial charge in [-0.05, 0) is 45.4 Å². The van der Waals surface area contributed by atoms with E-state index in [0.29, 0.717) is 31.5 Å². The molecule has 2 heterocycles. The highest BCUT2D eigenvalue weighted by Gasteiger charge is 2.36. The minimum absolute atomic E-state index is 0.222. The van der Waals surface area contributed by atoms with Gasteiger partial charge in [0.25, 0.3) is 0 Å². The third-order valence-electron chi connectivity index (χ3n) is 4.75. The molecular weight excluding hydrogens is 332 g/mol. The number of aliphatic hydroxyl groups is 1. The van der Waals surface area contributed by atoms with E-state index in [4.69, 9.17) is 4.74 Å². The summed E-state index contributed by atoms with van der Waals surface area (Å²) in [6.45, 7) is 13.9. The molecule has 0 aliphatic carbocycles. The third kappa shape index (κ3) is 6.04. The van der Waals surface area contributed by atoms with Gasteiger partial charge in [0.05, 0.1) is 12.6 Å². The van der Waals surface area contributed by atoms with Crippen molar-refractivity contribution in [3.05, 3.63) is 0 Å². The molecule has 0 spiro atoms. The van der Waals surface area contributed by atoms with Gasteiger partial charge in [-0.2, -0.15) is 0 Å². The Hall–Kier alpha value is -1.50. The highest BCUT2D eigenvalue weighted by molar-refractivity contribution is 5.82. The predicted molar refractivity (Wildman–Crippen MR) is 103 cm³/mol. The summed E-state index contributed by atoms with van der Waals surface area (Å²) in [5.74, 6) is 2.00. The molecule has 7 heteroatoms. The molecule has 0 aromatic carbocycles. The lowest BCUT2D eigenvalue weighted by atomic mass is 9.94. The summed E-state index contributed by atoms with van der Waals surface area (Å²) in [6.07, 6.45) is 1.67. The van der Waals surface area contributed by atoms with E-state index in [0.717, 1.165) is 31.9 Å². The second-order valence-electron chi connectivity index (χ2n) is 8.83. The van der Waals surface area contributed by atoms with E-state index in [1.54, 1.807) is 4.90 Å². The summed E-state index contributed by atoms with van der Waals surface area (Å²) in [5, 5.41) is 12.8. The van der Waals surface area contributed by atoms with Crippen molar-refractivity contribution in [2.45, 2.75) is 59.1 Å². The highest BCUT2D eigenvalue weighted by Crippen LogP contribution is 2.19. The Bertz CT molecular complexity index is 502. The first-order chi connectivity index (χ1) is 12.2. The van der Waals surface area contributed by atoms with E-state index >= 15 is 0 Å². The second kappa shape index (κ2) is 8.93. The van der Waals surface area contributed by atoms with Crippen molar-refractivity contribution in [3.63, 3.8) is 0 Å². The normalized spacial score (nSPS) is 21.5. The number of ether oxygens (including phenoxy) is 1. The Kier molecular flexibility index (Phi) is 7.15. The molecule has 0 bridgehead atoms. The summed E-state index contributed by atoms with van der Waals surface area (Å²) in [6, 6.07) is 0.222. The van der Waals surface area contributed by atoms with Crippen LogP contribution < -0.4 is 5.32 Å². The number of nitrogens with one attached hydrogen (secondary N) is 1. The molecule has 2 rings (SSSR count). The van der Waals surface area contributed by atoms with Crippen LogP contribution in [0.15, 0.2) is 4.99 Å². The summed E-state index contributed by atoms with van der Waals surface area (Å²) >= 11 is 0. The first kappa shape index (κ1) is 20.8. The quantitative estimate of drug-likeness (QED) is 0.749. The van der Waals surface area contributed by atoms with E-state index in [9.17, 15) is 9.90 Å². The van der Waals surface area contributed by atoms with Gasteiger partial charge in [0, 0.05) is 32.8 Å². The van der Waals surface area contributed by atoms with E-state index < -0.39 is 5.60 Å². The fourth-order valence-corrected chi connectivity index (χ4v) is 3.61. The van der Waals surface area contributed by atoms with Crippen LogP contribution in [0.1, 0.15) is 47.5 Å². The lowest BCUT2D eigenvalue weighted by Gasteiger charge is -2.39. The molecule has 7 nitrogen and oxygen atoms in total. The van der Waals surface area contributed by atoms with Crippen LogP contribution in [0, 0.1) is 11.8 Å². The molecule has 0 saturated carbocycles. The monoisotopic (exact) mass is 368 g/mol. The number of fused-ring (bicyclic) bond motifs is 1. The zero-order chi connectivity index (χ0) is 19.3. The Morgan fingerprint density at radius 1 is 1.38 bits per heavy atom. The molecule has 150 valence electrons. The third-order valence-corrected chi connectivity index (χ3v) is 4.75. The average Bonchev–Trinajstić information content (AvgIpc) is 2.93. The lowest BCUT2D eigenvalue weighted by Crippen LogP contribution is -2.57. The number of hydrogen-bond donors (Lipinski definition) is 2. The molecule has 2 N–H and O–H groups in total. The minimum Gasteiger partial charge on any atom is -0.444 e. The maximum Gasteiger partial charge on any atom is 0.410 e. The van der Waals surface area contributed by atoms with Crippen LogP contribution in [0.2, 0.25) is 0 Å². The van der Waals surface area contributed by atoms with Crippen molar-refractivity contribution in [1.29, 1.82) is 0 Å². The van der Waals surface area contributed by atoms with E-state index in [1.165, 1.54) is 0 Å². The molecule has 2 unspecified atom stereocenters. The Morgan fingerprint density at radius 3 is 2.73 bits per heavy atom. The van der Waals surface area contributed by atoms with Crippen LogP contribution in [0.3, 0.4) is 0 Å². The minimum atomic E-state index is -0.467. The Labute approximate surface area is 157 Å². The highest BCUT2D eigenvalue weighted by atomic mass is 16.6. The van der Waals surface area contributed by atoms with Crippen molar-refractivity contribution < 1.29 is 14.6 Å². The smallest absolute Gasteiger partial charge is 0.410 e. The van der Waals surface area contributed by atoms with Gasteiger partial charge < -0.3 is 25.0 Å². The molecule has 2 aliphatic heterocycles. The van der Waals surface area contributed by atoms with Crippen molar-refractivity contribution >= 4 is 12.1 Å². The van der Waals surface area contributed by atoms with Crippen LogP contribution in [-0.2, 0) is 4.74 Å². The number of amides is 1. The molecule has 0 aromatic heterocycles. The molecule has 26 heavy (non-hydrogen) atoms. The number of carbonyl (C=O) groups is 1. The van der Waals surface area contributed by atoms with Crippen molar-refractivity contribution in [1.82, 2.24) is 15.1 Å². The molecule has 1 fully saturated rings. The van der Waals surface area contributed by atoms with Crippen molar-refractivity contribution in [2.75, 3.05) is 39.3 Å². The standard InChI is InChI=1S/C19H36N4O3/c1-14(2)10-15(6-9-24)11-20-17-21-12-16-13-22(7-8-23(16)17)18(25)26-19(3,4)5/h14-16,24H,6-13H2,1-5H3,(H,20,21). The van der Waals surface area contributed by atoms with Gasteiger partial charge in [0.15, 0.2) is 5.96 Å². The van der Waals surface area contributed by atoms with Crippen LogP contribution >= 0.6 is 0 Å². The largest absolute Gasteiger partial charge is 0.444 e. The van der Waals surface area contributed by atoms with Crippen LogP contribution in [0.5, 0.6) is 0 Å². The predicted octanol–water partition coefficient (Wildman–Crippen LogP) is 1.91. The van der Waals surface area contributed by atoms with E-state index in [1.807, 2.05) is 20.8 Å². The van der Waals surface area contributed by atoms with Crippen LogP contribution in [0.25, 0.3) is 0 Å². The van der Waals surface area contributed by atoms with Gasteiger partial charge in [-0.15, -0.1) is 0 Å². The summed E-state index contributed by atoms with van der Waals surface area (Å²) < 4.78 is 5.49. The van der Waals surface area contributed by atoms with Gasteiger partial charge in [0.1, 0.15) is 5.60 Å². The molecule has 0 aromatic rings. The Morgan fingerprint density at radius 2 is 2.12 bits per heavy atom. The first-order valence-corrected chi connectivity index (χ1v) is 9.83. The molecular formula is C19H36N4O3. The van der Waals surface area contributed by atoms with Gasteiger partial charge in [-0.3, -0.25) is 4.99 Å². The maximum absolute atomic E-state index is 12.3. The number of aliphatic imine (C=N–C) groups is 1. The zero-order valence-electron chi connectivity index (χ0n) is 17.0. The van der Waals surface area contributed by atoms with Gasteiger partial charge in [-0.1, -0.05) is 13.8 Å². The van der Waals surface area contributed by atoms with Gasteiger partial charge in [-0.25, -0.2) is 4.79 Å². The second-order valence-corrected chi connectivity index (χ2v) is 8.83. The molecule has 1 saturated heterocycles. The number of nitrogens with zero attached hydrogens (tertiary/aromatic N) is 3. The summed E-state index contributed by atoms with van der Waals surface area (Å²) in [4.78, 5) is 21.0. The molecule has 1 amide bonds. The van der Waals surface area contributed by atoms with Crippen molar-refractivity contribution in [3.8, 4) is 0 Å². The van der Waals surface area contributed by atoms with Crippen molar-refractivity contribution in [2.24, 2.45) is 16.8 Å². The first-order valence-electron chi connectivity index (χ1n) is 9.83. The number of rotatable bonds is 6.